The summed E-state index contributed by atoms with van der Waals surface area (Å²) in [7, 11) is 0. The van der Waals surface area contributed by atoms with E-state index in [2.05, 4.69) is 37.9 Å². The number of benzene rings is 1. The predicted octanol–water partition coefficient (Wildman–Crippen LogP) is 0.823. The van der Waals surface area contributed by atoms with Crippen LogP contribution in [0.25, 0.3) is 0 Å². The zero-order chi connectivity index (χ0) is 19.1. The van der Waals surface area contributed by atoms with Crippen LogP contribution in [0.5, 0.6) is 0 Å². The molecule has 7 heteroatoms. The van der Waals surface area contributed by atoms with Crippen LogP contribution in [0.1, 0.15) is 19.8 Å². The lowest BCUT2D eigenvalue weighted by Crippen LogP contribution is -2.62. The molecule has 3 N–H and O–H groups in total. The summed E-state index contributed by atoms with van der Waals surface area (Å²) in [6, 6.07) is 8.52. The number of hydrogen-bond acceptors (Lipinski definition) is 6. The van der Waals surface area contributed by atoms with Gasteiger partial charge in [0.2, 0.25) is 5.91 Å². The van der Waals surface area contributed by atoms with Gasteiger partial charge in [0, 0.05) is 56.7 Å². The molecule has 2 fully saturated rings. The molecule has 27 heavy (non-hydrogen) atoms. The van der Waals surface area contributed by atoms with Gasteiger partial charge in [-0.05, 0) is 30.7 Å². The van der Waals surface area contributed by atoms with Crippen LogP contribution in [0.3, 0.4) is 0 Å². The molecule has 1 aromatic rings. The number of piperazine rings is 1. The largest absolute Gasteiger partial charge is 0.374 e. The van der Waals surface area contributed by atoms with Crippen LogP contribution in [0.4, 0.5) is 11.4 Å². The average Bonchev–Trinajstić information content (AvgIpc) is 2.67. The summed E-state index contributed by atoms with van der Waals surface area (Å²) < 4.78 is 0. The van der Waals surface area contributed by atoms with Crippen molar-refractivity contribution in [1.82, 2.24) is 15.5 Å². The maximum Gasteiger partial charge on any atom is 0.246 e. The molecule has 3 rings (SSSR count). The molecule has 0 spiro atoms. The Labute approximate surface area is 160 Å². The van der Waals surface area contributed by atoms with E-state index in [1.54, 1.807) is 5.94 Å². The van der Waals surface area contributed by atoms with Gasteiger partial charge in [0.05, 0.1) is 6.20 Å². The van der Waals surface area contributed by atoms with Gasteiger partial charge in [-0.15, -0.1) is 0 Å². The number of carbonyl (C=O) groups excluding carboxylic acids is 2. The van der Waals surface area contributed by atoms with E-state index in [4.69, 9.17) is 0 Å². The Hall–Kier alpha value is -2.34. The standard InChI is InChI=1S/C20H29N5O2/c1-2-3-19(20(27)22-10-13-26)23-16-4-6-17(7-5-16)25-14-18(15-25)24-11-8-21-9-12-24/h4-7,10,18-19,21,23H,2-3,8-9,11-12,14-15H2,1H3,(H,22,27). The van der Waals surface area contributed by atoms with Crippen LogP contribution in [0.15, 0.2) is 30.5 Å². The van der Waals surface area contributed by atoms with Gasteiger partial charge >= 0.3 is 0 Å². The van der Waals surface area contributed by atoms with Crippen molar-refractivity contribution in [2.45, 2.75) is 31.8 Å². The van der Waals surface area contributed by atoms with Crippen LogP contribution >= 0.6 is 0 Å². The van der Waals surface area contributed by atoms with Gasteiger partial charge in [0.1, 0.15) is 12.0 Å². The highest BCUT2D eigenvalue weighted by molar-refractivity contribution is 5.86. The number of carbonyl (C=O) groups is 1. The molecule has 1 unspecified atom stereocenters. The van der Waals surface area contributed by atoms with Crippen molar-refractivity contribution in [3.05, 3.63) is 30.5 Å². The van der Waals surface area contributed by atoms with Gasteiger partial charge in [-0.1, -0.05) is 13.3 Å². The fourth-order valence-corrected chi connectivity index (χ4v) is 3.67. The third-order valence-corrected chi connectivity index (χ3v) is 5.27. The molecule has 0 saturated carbocycles. The lowest BCUT2D eigenvalue weighted by atomic mass is 10.0. The van der Waals surface area contributed by atoms with Gasteiger partial charge in [0.25, 0.3) is 0 Å². The summed E-state index contributed by atoms with van der Waals surface area (Å²) in [6.07, 6.45) is 2.57. The van der Waals surface area contributed by atoms with Crippen molar-refractivity contribution in [3.63, 3.8) is 0 Å². The maximum absolute atomic E-state index is 12.1. The highest BCUT2D eigenvalue weighted by Crippen LogP contribution is 2.25. The molecule has 0 aromatic heterocycles. The minimum atomic E-state index is -0.369. The number of nitrogens with zero attached hydrogens (tertiary/aromatic N) is 2. The maximum atomic E-state index is 12.1. The van der Waals surface area contributed by atoms with E-state index in [9.17, 15) is 9.59 Å². The average molecular weight is 371 g/mol. The Bertz CT molecular complexity index is 659. The predicted molar refractivity (Wildman–Crippen MR) is 108 cm³/mol. The Kier molecular flexibility index (Phi) is 6.87. The summed E-state index contributed by atoms with van der Waals surface area (Å²) in [6.45, 7) is 8.64. The second-order valence-corrected chi connectivity index (χ2v) is 7.15. The molecular formula is C20H29N5O2. The molecule has 7 nitrogen and oxygen atoms in total. The molecule has 0 radical (unpaired) electrons. The summed E-state index contributed by atoms with van der Waals surface area (Å²) in [5.74, 6) is 1.36. The van der Waals surface area contributed by atoms with E-state index < -0.39 is 0 Å². The van der Waals surface area contributed by atoms with Crippen molar-refractivity contribution in [2.75, 3.05) is 49.5 Å². The van der Waals surface area contributed by atoms with Crippen LogP contribution in [-0.4, -0.2) is 68.1 Å². The molecule has 146 valence electrons. The third kappa shape index (κ3) is 5.10. The SMILES string of the molecule is CCCC(Nc1ccc(N2CC(N3CCNCC3)C2)cc1)C(=O)NC=C=O. The highest BCUT2D eigenvalue weighted by atomic mass is 16.2. The normalized spacial score (nSPS) is 18.9. The number of rotatable bonds is 8. The van der Waals surface area contributed by atoms with Gasteiger partial charge in [-0.2, -0.15) is 0 Å². The van der Waals surface area contributed by atoms with Crippen LogP contribution in [0, 0.1) is 0 Å². The third-order valence-electron chi connectivity index (χ3n) is 5.27. The Morgan fingerprint density at radius 2 is 2.00 bits per heavy atom. The second-order valence-electron chi connectivity index (χ2n) is 7.15. The molecule has 1 aromatic carbocycles. The van der Waals surface area contributed by atoms with Crippen LogP contribution in [0.2, 0.25) is 0 Å². The van der Waals surface area contributed by atoms with Crippen molar-refractivity contribution in [3.8, 4) is 0 Å². The van der Waals surface area contributed by atoms with Gasteiger partial charge < -0.3 is 20.9 Å². The molecular weight excluding hydrogens is 342 g/mol. The first-order valence-corrected chi connectivity index (χ1v) is 9.77. The monoisotopic (exact) mass is 371 g/mol. The number of nitrogens with one attached hydrogen (secondary N) is 3. The van der Waals surface area contributed by atoms with Crippen molar-refractivity contribution in [1.29, 1.82) is 0 Å². The lowest BCUT2D eigenvalue weighted by Gasteiger charge is -2.48. The summed E-state index contributed by atoms with van der Waals surface area (Å²) in [5, 5.41) is 9.11. The van der Waals surface area contributed by atoms with E-state index in [0.29, 0.717) is 12.5 Å². The number of hydrogen-bond donors (Lipinski definition) is 3. The first kappa shape index (κ1) is 19.4. The first-order chi connectivity index (χ1) is 13.2. The Balaban J connectivity index is 1.52. The van der Waals surface area contributed by atoms with Gasteiger partial charge in [0.15, 0.2) is 0 Å². The minimum Gasteiger partial charge on any atom is -0.374 e. The molecule has 2 aliphatic rings. The smallest absolute Gasteiger partial charge is 0.246 e. The van der Waals surface area contributed by atoms with Crippen molar-refractivity contribution < 1.29 is 9.59 Å². The van der Waals surface area contributed by atoms with E-state index in [-0.39, 0.29) is 11.9 Å². The van der Waals surface area contributed by atoms with E-state index in [1.807, 2.05) is 19.1 Å². The zero-order valence-electron chi connectivity index (χ0n) is 15.9. The van der Waals surface area contributed by atoms with E-state index in [0.717, 1.165) is 57.6 Å². The lowest BCUT2D eigenvalue weighted by molar-refractivity contribution is -0.121. The van der Waals surface area contributed by atoms with E-state index >= 15 is 0 Å². The quantitative estimate of drug-likeness (QED) is 0.588. The van der Waals surface area contributed by atoms with Crippen LogP contribution < -0.4 is 20.9 Å². The Morgan fingerprint density at radius 1 is 1.30 bits per heavy atom. The molecule has 2 heterocycles. The topological polar surface area (TPSA) is 76.7 Å². The Morgan fingerprint density at radius 3 is 2.63 bits per heavy atom. The van der Waals surface area contributed by atoms with Gasteiger partial charge in [-0.3, -0.25) is 9.69 Å². The fraction of sp³-hybridized carbons (Fsp3) is 0.550. The molecule has 0 aliphatic carbocycles. The van der Waals surface area contributed by atoms with Crippen molar-refractivity contribution in [2.24, 2.45) is 0 Å². The van der Waals surface area contributed by atoms with Crippen molar-refractivity contribution >= 4 is 23.2 Å². The molecule has 1 amide bonds. The second kappa shape index (κ2) is 9.55. The molecule has 0 bridgehead atoms. The summed E-state index contributed by atoms with van der Waals surface area (Å²) in [5.41, 5.74) is 2.12. The summed E-state index contributed by atoms with van der Waals surface area (Å²) >= 11 is 0. The fourth-order valence-electron chi connectivity index (χ4n) is 3.67. The van der Waals surface area contributed by atoms with E-state index in [1.165, 1.54) is 5.69 Å². The molecule has 2 aliphatic heterocycles. The van der Waals surface area contributed by atoms with Crippen LogP contribution in [-0.2, 0) is 9.59 Å². The minimum absolute atomic E-state index is 0.217. The summed E-state index contributed by atoms with van der Waals surface area (Å²) in [4.78, 5) is 27.4. The zero-order valence-corrected chi connectivity index (χ0v) is 15.9. The first-order valence-electron chi connectivity index (χ1n) is 9.77. The number of anilines is 2. The van der Waals surface area contributed by atoms with Gasteiger partial charge in [-0.25, -0.2) is 4.79 Å². The molecule has 1 atom stereocenters. The molecule has 2 saturated heterocycles. The highest BCUT2D eigenvalue weighted by Gasteiger charge is 2.32. The number of amides is 1.